The minimum Gasteiger partial charge on any atom is -0.330 e. The van der Waals surface area contributed by atoms with Gasteiger partial charge in [0.2, 0.25) is 0 Å². The van der Waals surface area contributed by atoms with Crippen LogP contribution in [-0.4, -0.2) is 27.7 Å². The Balaban J connectivity index is 2.91. The van der Waals surface area contributed by atoms with E-state index >= 15 is 0 Å². The number of likely N-dealkylation sites (N-methyl/N-ethyl adjacent to an activating group) is 1. The molecule has 0 saturated heterocycles. The molecule has 4 heteroatoms. The summed E-state index contributed by atoms with van der Waals surface area (Å²) in [4.78, 5) is 4.98. The van der Waals surface area contributed by atoms with E-state index < -0.39 is 0 Å². The molecule has 1 aliphatic rings. The van der Waals surface area contributed by atoms with Gasteiger partial charge in [-0.05, 0) is 16.7 Å². The van der Waals surface area contributed by atoms with Crippen LogP contribution < -0.4 is 0 Å². The number of thiocarbonyl (C=S) groups is 2. The average Bonchev–Trinajstić information content (AvgIpc) is 2.11. The molecule has 1 unspecified atom stereocenters. The van der Waals surface area contributed by atoms with Crippen molar-refractivity contribution in [3.8, 4) is 0 Å². The van der Waals surface area contributed by atoms with Crippen LogP contribution in [0, 0.1) is 5.92 Å². The van der Waals surface area contributed by atoms with E-state index in [2.05, 4.69) is 19.9 Å². The van der Waals surface area contributed by atoms with E-state index in [9.17, 15) is 0 Å². The number of nitrogens with zero attached hydrogens (tertiary/aromatic N) is 1. The van der Waals surface area contributed by atoms with Gasteiger partial charge in [0, 0.05) is 13.0 Å². The highest BCUT2D eigenvalue weighted by Crippen LogP contribution is 2.30. The third kappa shape index (κ3) is 2.30. The zero-order valence-corrected chi connectivity index (χ0v) is 10.5. The van der Waals surface area contributed by atoms with E-state index in [-0.39, 0.29) is 0 Å². The first-order valence-corrected chi connectivity index (χ1v) is 6.04. The van der Waals surface area contributed by atoms with Gasteiger partial charge in [-0.25, -0.2) is 0 Å². The van der Waals surface area contributed by atoms with E-state index in [0.717, 1.165) is 15.7 Å². The standard InChI is InChI=1S/C9H13NS3/c1-4-13-7-5-8(11)10(3)9(12)6(7)2/h5-6H,4H2,1-3H3. The molecule has 1 heterocycles. The Morgan fingerprint density at radius 3 is 2.69 bits per heavy atom. The van der Waals surface area contributed by atoms with Crippen molar-refractivity contribution in [1.29, 1.82) is 0 Å². The molecule has 1 rings (SSSR count). The monoisotopic (exact) mass is 231 g/mol. The fourth-order valence-corrected chi connectivity index (χ4v) is 2.75. The molecule has 1 nitrogen and oxygen atoms in total. The Kier molecular flexibility index (Phi) is 3.88. The molecule has 0 fully saturated rings. The second-order valence-electron chi connectivity index (χ2n) is 2.94. The summed E-state index contributed by atoms with van der Waals surface area (Å²) in [7, 11) is 1.94. The van der Waals surface area contributed by atoms with E-state index in [0.29, 0.717) is 5.92 Å². The lowest BCUT2D eigenvalue weighted by Crippen LogP contribution is -2.37. The number of thioether (sulfide) groups is 1. The van der Waals surface area contributed by atoms with Gasteiger partial charge in [-0.15, -0.1) is 11.8 Å². The Morgan fingerprint density at radius 2 is 2.15 bits per heavy atom. The number of hydrogen-bond acceptors (Lipinski definition) is 3. The molecule has 0 radical (unpaired) electrons. The van der Waals surface area contributed by atoms with E-state index in [1.165, 1.54) is 4.91 Å². The molecular weight excluding hydrogens is 218 g/mol. The summed E-state index contributed by atoms with van der Waals surface area (Å²) in [6.07, 6.45) is 2.06. The molecule has 0 aromatic heterocycles. The lowest BCUT2D eigenvalue weighted by Gasteiger charge is -2.30. The molecule has 13 heavy (non-hydrogen) atoms. The highest BCUT2D eigenvalue weighted by atomic mass is 32.2. The van der Waals surface area contributed by atoms with Gasteiger partial charge in [-0.2, -0.15) is 0 Å². The first-order chi connectivity index (χ1) is 6.07. The molecule has 0 aliphatic carbocycles. The molecule has 0 aromatic rings. The van der Waals surface area contributed by atoms with Gasteiger partial charge in [-0.1, -0.05) is 38.3 Å². The van der Waals surface area contributed by atoms with Crippen LogP contribution in [0.3, 0.4) is 0 Å². The molecule has 0 aromatic carbocycles. The Labute approximate surface area is 94.6 Å². The topological polar surface area (TPSA) is 3.24 Å². The summed E-state index contributed by atoms with van der Waals surface area (Å²) >= 11 is 12.3. The van der Waals surface area contributed by atoms with Crippen LogP contribution in [0.4, 0.5) is 0 Å². The summed E-state index contributed by atoms with van der Waals surface area (Å²) in [6, 6.07) is 0. The smallest absolute Gasteiger partial charge is 0.107 e. The van der Waals surface area contributed by atoms with Crippen molar-refractivity contribution in [1.82, 2.24) is 4.90 Å². The summed E-state index contributed by atoms with van der Waals surface area (Å²) in [5.41, 5.74) is 0. The van der Waals surface area contributed by atoms with Gasteiger partial charge >= 0.3 is 0 Å². The van der Waals surface area contributed by atoms with Gasteiger partial charge < -0.3 is 4.90 Å². The second kappa shape index (κ2) is 4.53. The van der Waals surface area contributed by atoms with Crippen LogP contribution in [0.2, 0.25) is 0 Å². The van der Waals surface area contributed by atoms with E-state index in [1.807, 2.05) is 23.7 Å². The van der Waals surface area contributed by atoms with Crippen molar-refractivity contribution in [2.75, 3.05) is 12.8 Å². The SMILES string of the molecule is CCSC1=CC(=S)N(C)C(=S)C1C. The fourth-order valence-electron chi connectivity index (χ4n) is 1.20. The molecule has 1 aliphatic heterocycles. The minimum absolute atomic E-state index is 0.344. The highest BCUT2D eigenvalue weighted by Gasteiger charge is 2.24. The minimum atomic E-state index is 0.344. The maximum atomic E-state index is 5.30. The van der Waals surface area contributed by atoms with Gasteiger partial charge in [0.15, 0.2) is 0 Å². The molecular formula is C9H13NS3. The van der Waals surface area contributed by atoms with Crippen molar-refractivity contribution in [2.45, 2.75) is 13.8 Å². The first kappa shape index (κ1) is 11.1. The number of hydrogen-bond donors (Lipinski definition) is 0. The zero-order chi connectivity index (χ0) is 10.0. The van der Waals surface area contributed by atoms with Gasteiger partial charge in [0.1, 0.15) is 4.99 Å². The lowest BCUT2D eigenvalue weighted by molar-refractivity contribution is 0.716. The Hall–Kier alpha value is 0.0700. The van der Waals surface area contributed by atoms with Crippen molar-refractivity contribution >= 4 is 46.2 Å². The van der Waals surface area contributed by atoms with Crippen LogP contribution >= 0.6 is 36.2 Å². The molecule has 0 N–H and O–H groups in total. The summed E-state index contributed by atoms with van der Waals surface area (Å²) in [6.45, 7) is 4.28. The summed E-state index contributed by atoms with van der Waals surface area (Å²) in [5, 5.41) is 0. The largest absolute Gasteiger partial charge is 0.330 e. The molecule has 0 saturated carbocycles. The first-order valence-electron chi connectivity index (χ1n) is 4.23. The van der Waals surface area contributed by atoms with Crippen LogP contribution in [0.5, 0.6) is 0 Å². The van der Waals surface area contributed by atoms with Gasteiger partial charge in [-0.3, -0.25) is 0 Å². The van der Waals surface area contributed by atoms with Gasteiger partial charge in [0.05, 0.1) is 4.99 Å². The molecule has 1 atom stereocenters. The summed E-state index contributed by atoms with van der Waals surface area (Å²) < 4.78 is 0. The Morgan fingerprint density at radius 1 is 1.54 bits per heavy atom. The maximum Gasteiger partial charge on any atom is 0.107 e. The van der Waals surface area contributed by atoms with Crippen molar-refractivity contribution in [3.63, 3.8) is 0 Å². The fraction of sp³-hybridized carbons (Fsp3) is 0.556. The predicted octanol–water partition coefficient (Wildman–Crippen LogP) is 2.86. The van der Waals surface area contributed by atoms with Crippen molar-refractivity contribution in [2.24, 2.45) is 5.92 Å². The molecule has 0 bridgehead atoms. The van der Waals surface area contributed by atoms with Crippen LogP contribution in [0.25, 0.3) is 0 Å². The second-order valence-corrected chi connectivity index (χ2v) is 5.11. The van der Waals surface area contributed by atoms with Crippen molar-refractivity contribution in [3.05, 3.63) is 11.0 Å². The highest BCUT2D eigenvalue weighted by molar-refractivity contribution is 8.03. The van der Waals surface area contributed by atoms with Gasteiger partial charge in [0.25, 0.3) is 0 Å². The van der Waals surface area contributed by atoms with E-state index in [1.54, 1.807) is 0 Å². The lowest BCUT2D eigenvalue weighted by atomic mass is 10.1. The molecule has 0 spiro atoms. The maximum absolute atomic E-state index is 5.30. The quantitative estimate of drug-likeness (QED) is 0.672. The third-order valence-electron chi connectivity index (χ3n) is 2.04. The van der Waals surface area contributed by atoms with Crippen molar-refractivity contribution < 1.29 is 0 Å². The number of rotatable bonds is 2. The van der Waals surface area contributed by atoms with E-state index in [4.69, 9.17) is 24.4 Å². The molecule has 0 amide bonds. The average molecular weight is 231 g/mol. The predicted molar refractivity (Wildman–Crippen MR) is 68.3 cm³/mol. The Bertz CT molecular complexity index is 270. The van der Waals surface area contributed by atoms with Crippen LogP contribution in [-0.2, 0) is 0 Å². The van der Waals surface area contributed by atoms with Crippen LogP contribution in [0.15, 0.2) is 11.0 Å². The normalized spacial score (nSPS) is 23.5. The molecule has 72 valence electrons. The summed E-state index contributed by atoms with van der Waals surface area (Å²) in [5.74, 6) is 1.42. The van der Waals surface area contributed by atoms with Crippen LogP contribution in [0.1, 0.15) is 13.8 Å². The third-order valence-corrected chi connectivity index (χ3v) is 4.15. The zero-order valence-electron chi connectivity index (χ0n) is 8.03.